The number of carbonyl (C=O) groups is 1. The van der Waals surface area contributed by atoms with E-state index >= 15 is 0 Å². The van der Waals surface area contributed by atoms with Crippen LogP contribution in [-0.4, -0.2) is 24.7 Å². The van der Waals surface area contributed by atoms with E-state index < -0.39 is 0 Å². The van der Waals surface area contributed by atoms with Crippen LogP contribution in [0.5, 0.6) is 0 Å². The largest absolute Gasteiger partial charge is 0.461 e. The number of benzene rings is 1. The molecule has 1 atom stereocenters. The van der Waals surface area contributed by atoms with E-state index in [9.17, 15) is 4.79 Å². The fourth-order valence-corrected chi connectivity index (χ4v) is 3.15. The van der Waals surface area contributed by atoms with Gasteiger partial charge in [-0.3, -0.25) is 4.79 Å². The van der Waals surface area contributed by atoms with Crippen LogP contribution >= 0.6 is 0 Å². The molecule has 3 nitrogen and oxygen atoms in total. The highest BCUT2D eigenvalue weighted by Crippen LogP contribution is 2.22. The van der Waals surface area contributed by atoms with E-state index in [1.54, 1.807) is 0 Å². The third-order valence-electron chi connectivity index (χ3n) is 4.50. The van der Waals surface area contributed by atoms with Crippen LogP contribution in [0.25, 0.3) is 0 Å². The van der Waals surface area contributed by atoms with Crippen molar-refractivity contribution in [2.24, 2.45) is 5.92 Å². The molecule has 0 bridgehead atoms. The Morgan fingerprint density at radius 1 is 1.29 bits per heavy atom. The van der Waals surface area contributed by atoms with Crippen molar-refractivity contribution in [1.82, 2.24) is 5.32 Å². The van der Waals surface area contributed by atoms with Gasteiger partial charge in [-0.05, 0) is 68.7 Å². The van der Waals surface area contributed by atoms with E-state index in [0.29, 0.717) is 5.92 Å². The van der Waals surface area contributed by atoms with Crippen molar-refractivity contribution in [3.63, 3.8) is 0 Å². The smallest absolute Gasteiger partial charge is 0.323 e. The highest BCUT2D eigenvalue weighted by Gasteiger charge is 2.25. The zero-order chi connectivity index (χ0) is 17.4. The maximum Gasteiger partial charge on any atom is 0.323 e. The number of rotatable bonds is 8. The molecule has 1 aromatic rings. The van der Waals surface area contributed by atoms with Crippen molar-refractivity contribution in [3.8, 4) is 12.3 Å². The van der Waals surface area contributed by atoms with Crippen LogP contribution in [0.15, 0.2) is 24.3 Å². The van der Waals surface area contributed by atoms with Gasteiger partial charge in [-0.25, -0.2) is 0 Å². The number of nitrogens with one attached hydrogen (secondary N) is 1. The van der Waals surface area contributed by atoms with Crippen molar-refractivity contribution >= 4 is 5.97 Å². The summed E-state index contributed by atoms with van der Waals surface area (Å²) in [6.07, 6.45) is 11.6. The topological polar surface area (TPSA) is 38.3 Å². The molecule has 2 rings (SSSR count). The van der Waals surface area contributed by atoms with Crippen LogP contribution in [0.1, 0.15) is 57.1 Å². The van der Waals surface area contributed by atoms with E-state index in [1.165, 1.54) is 18.4 Å². The molecule has 1 aliphatic carbocycles. The second-order valence-corrected chi connectivity index (χ2v) is 7.07. The number of hydrogen-bond donors (Lipinski definition) is 1. The number of esters is 1. The zero-order valence-electron chi connectivity index (χ0n) is 14.9. The lowest BCUT2D eigenvalue weighted by Gasteiger charge is -2.21. The molecule has 1 N–H and O–H groups in total. The summed E-state index contributed by atoms with van der Waals surface area (Å²) >= 11 is 0. The Kier molecular flexibility index (Phi) is 7.34. The molecule has 0 aliphatic heterocycles. The Hall–Kier alpha value is -1.79. The van der Waals surface area contributed by atoms with Gasteiger partial charge >= 0.3 is 5.97 Å². The summed E-state index contributed by atoms with van der Waals surface area (Å²) in [6, 6.07) is 7.79. The molecule has 0 radical (unpaired) electrons. The predicted octanol–water partition coefficient (Wildman–Crippen LogP) is 3.70. The van der Waals surface area contributed by atoms with Gasteiger partial charge in [-0.1, -0.05) is 31.9 Å². The van der Waals surface area contributed by atoms with Gasteiger partial charge in [0.15, 0.2) is 0 Å². The van der Waals surface area contributed by atoms with Crippen LogP contribution in [0.4, 0.5) is 0 Å². The summed E-state index contributed by atoms with van der Waals surface area (Å²) in [5.41, 5.74) is 2.11. The van der Waals surface area contributed by atoms with Crippen molar-refractivity contribution in [2.75, 3.05) is 6.54 Å². The molecule has 0 saturated heterocycles. The highest BCUT2D eigenvalue weighted by molar-refractivity contribution is 5.76. The molecule has 1 saturated carbocycles. The lowest BCUT2D eigenvalue weighted by Crippen LogP contribution is -2.41. The Labute approximate surface area is 146 Å². The summed E-state index contributed by atoms with van der Waals surface area (Å²) in [5, 5.41) is 3.39. The molecule has 0 unspecified atom stereocenters. The zero-order valence-corrected chi connectivity index (χ0v) is 14.9. The van der Waals surface area contributed by atoms with Crippen molar-refractivity contribution in [2.45, 2.75) is 64.5 Å². The fraction of sp³-hybridized carbons (Fsp3) is 0.571. The van der Waals surface area contributed by atoms with E-state index in [-0.39, 0.29) is 18.1 Å². The second-order valence-electron chi connectivity index (χ2n) is 7.07. The van der Waals surface area contributed by atoms with Crippen LogP contribution in [-0.2, 0) is 16.0 Å². The van der Waals surface area contributed by atoms with Gasteiger partial charge in [0.1, 0.15) is 12.1 Å². The Morgan fingerprint density at radius 3 is 2.54 bits per heavy atom. The van der Waals surface area contributed by atoms with Gasteiger partial charge in [-0.2, -0.15) is 0 Å². The number of ether oxygens (including phenoxy) is 1. The first kappa shape index (κ1) is 18.5. The summed E-state index contributed by atoms with van der Waals surface area (Å²) in [6.45, 7) is 5.03. The van der Waals surface area contributed by atoms with Crippen LogP contribution < -0.4 is 5.32 Å². The molecule has 1 aliphatic rings. The molecule has 1 fully saturated rings. The minimum atomic E-state index is -0.212. The first-order valence-electron chi connectivity index (χ1n) is 9.08. The van der Waals surface area contributed by atoms with Crippen LogP contribution in [0.2, 0.25) is 0 Å². The second kappa shape index (κ2) is 9.49. The molecule has 0 heterocycles. The molecule has 130 valence electrons. The first-order chi connectivity index (χ1) is 11.6. The minimum Gasteiger partial charge on any atom is -0.461 e. The van der Waals surface area contributed by atoms with E-state index in [4.69, 9.17) is 11.2 Å². The Balaban J connectivity index is 1.83. The van der Waals surface area contributed by atoms with E-state index in [2.05, 4.69) is 25.1 Å². The highest BCUT2D eigenvalue weighted by atomic mass is 16.5. The molecule has 0 aromatic heterocycles. The molecular weight excluding hydrogens is 298 g/mol. The quantitative estimate of drug-likeness (QED) is 0.584. The first-order valence-corrected chi connectivity index (χ1v) is 9.08. The fourth-order valence-electron chi connectivity index (χ4n) is 3.15. The maximum atomic E-state index is 12.5. The minimum absolute atomic E-state index is 0.0849. The third kappa shape index (κ3) is 6.02. The van der Waals surface area contributed by atoms with E-state index in [1.807, 2.05) is 24.3 Å². The lowest BCUT2D eigenvalue weighted by atomic mass is 10.0. The summed E-state index contributed by atoms with van der Waals surface area (Å²) in [7, 11) is 0. The normalized spacial score (nSPS) is 16.1. The molecule has 1 aromatic carbocycles. The summed E-state index contributed by atoms with van der Waals surface area (Å²) in [4.78, 5) is 12.5. The molecule has 24 heavy (non-hydrogen) atoms. The summed E-state index contributed by atoms with van der Waals surface area (Å²) in [5.74, 6) is 2.99. The number of carbonyl (C=O) groups excluding carboxylic acids is 1. The summed E-state index contributed by atoms with van der Waals surface area (Å²) < 4.78 is 5.68. The SMILES string of the molecule is C#Cc1ccc(CCN[C@@H](CC(C)C)C(=O)OC2CCCC2)cc1. The Bertz CT molecular complexity index is 550. The average molecular weight is 327 g/mol. The van der Waals surface area contributed by atoms with E-state index in [0.717, 1.165) is 37.8 Å². The van der Waals surface area contributed by atoms with Gasteiger partial charge in [0, 0.05) is 5.56 Å². The maximum absolute atomic E-state index is 12.5. The monoisotopic (exact) mass is 327 g/mol. The number of terminal acetylenes is 1. The van der Waals surface area contributed by atoms with Crippen molar-refractivity contribution in [3.05, 3.63) is 35.4 Å². The predicted molar refractivity (Wildman–Crippen MR) is 97.7 cm³/mol. The van der Waals surface area contributed by atoms with Gasteiger partial charge in [0.2, 0.25) is 0 Å². The molecule has 3 heteroatoms. The van der Waals surface area contributed by atoms with Gasteiger partial charge in [0.25, 0.3) is 0 Å². The van der Waals surface area contributed by atoms with Crippen LogP contribution in [0.3, 0.4) is 0 Å². The molecule has 0 amide bonds. The standard InChI is InChI=1S/C21H29NO2/c1-4-17-9-11-18(12-10-17)13-14-22-20(15-16(2)3)21(23)24-19-7-5-6-8-19/h1,9-12,16,19-20,22H,5-8,13-15H2,2-3H3/t20-/m0/s1. The van der Waals surface area contributed by atoms with Gasteiger partial charge < -0.3 is 10.1 Å². The molecular formula is C21H29NO2. The number of hydrogen-bond acceptors (Lipinski definition) is 3. The third-order valence-corrected chi connectivity index (χ3v) is 4.50. The van der Waals surface area contributed by atoms with Crippen molar-refractivity contribution < 1.29 is 9.53 Å². The Morgan fingerprint density at radius 2 is 1.96 bits per heavy atom. The van der Waals surface area contributed by atoms with Gasteiger partial charge in [0.05, 0.1) is 0 Å². The average Bonchev–Trinajstić information content (AvgIpc) is 3.07. The van der Waals surface area contributed by atoms with Crippen molar-refractivity contribution in [1.29, 1.82) is 0 Å². The van der Waals surface area contributed by atoms with Crippen LogP contribution in [0, 0.1) is 18.3 Å². The molecule has 0 spiro atoms. The lowest BCUT2D eigenvalue weighted by molar-refractivity contribution is -0.151. The van der Waals surface area contributed by atoms with Gasteiger partial charge in [-0.15, -0.1) is 6.42 Å².